The van der Waals surface area contributed by atoms with Crippen molar-refractivity contribution in [1.82, 2.24) is 5.32 Å². The number of hydrogen-bond acceptors (Lipinski definition) is 1. The summed E-state index contributed by atoms with van der Waals surface area (Å²) in [5, 5.41) is 2.92. The largest absolute Gasteiger partial charge is 0.359 e. The Labute approximate surface area is 222 Å². The molecular weight excluding hydrogens is 426 g/mol. The normalized spacial score (nSPS) is 11.4. The summed E-state index contributed by atoms with van der Waals surface area (Å²) < 4.78 is 0. The van der Waals surface area contributed by atoms with Gasteiger partial charge in [0.25, 0.3) is 0 Å². The van der Waals surface area contributed by atoms with Crippen LogP contribution in [0.2, 0.25) is 0 Å². The van der Waals surface area contributed by atoms with Crippen LogP contribution in [-0.2, 0) is 4.79 Å². The molecule has 0 fully saturated rings. The SMILES string of the molecule is CCCCCCCCCCCCCCCC(CCCCCCCCCCCCCCC)C(=O)NC. The zero-order valence-corrected chi connectivity index (χ0v) is 24.8. The third-order valence-electron chi connectivity index (χ3n) is 7.93. The van der Waals surface area contributed by atoms with Crippen LogP contribution in [0.1, 0.15) is 194 Å². The van der Waals surface area contributed by atoms with E-state index in [0.717, 1.165) is 12.8 Å². The minimum absolute atomic E-state index is 0.250. The van der Waals surface area contributed by atoms with Gasteiger partial charge in [-0.25, -0.2) is 0 Å². The maximum atomic E-state index is 12.3. The van der Waals surface area contributed by atoms with Crippen molar-refractivity contribution in [3.63, 3.8) is 0 Å². The number of unbranched alkanes of at least 4 members (excludes halogenated alkanes) is 24. The molecule has 0 aliphatic rings. The third kappa shape index (κ3) is 26.3. The molecule has 1 amide bonds. The lowest BCUT2D eigenvalue weighted by atomic mass is 9.93. The second-order valence-electron chi connectivity index (χ2n) is 11.4. The molecule has 0 atom stereocenters. The average Bonchev–Trinajstić information content (AvgIpc) is 2.87. The van der Waals surface area contributed by atoms with Crippen molar-refractivity contribution in [2.75, 3.05) is 7.05 Å². The summed E-state index contributed by atoms with van der Waals surface area (Å²) in [5.41, 5.74) is 0. The molecule has 0 saturated carbocycles. The summed E-state index contributed by atoms with van der Waals surface area (Å²) in [4.78, 5) is 12.3. The summed E-state index contributed by atoms with van der Waals surface area (Å²) in [7, 11) is 1.81. The fraction of sp³-hybridized carbons (Fsp3) is 0.970. The van der Waals surface area contributed by atoms with E-state index in [0.29, 0.717) is 0 Å². The van der Waals surface area contributed by atoms with E-state index in [4.69, 9.17) is 0 Å². The van der Waals surface area contributed by atoms with Gasteiger partial charge in [-0.2, -0.15) is 0 Å². The minimum atomic E-state index is 0.250. The van der Waals surface area contributed by atoms with Crippen LogP contribution in [0.5, 0.6) is 0 Å². The summed E-state index contributed by atoms with van der Waals surface area (Å²) in [6, 6.07) is 0. The van der Waals surface area contributed by atoms with E-state index < -0.39 is 0 Å². The Hall–Kier alpha value is -0.530. The number of carbonyl (C=O) groups is 1. The summed E-state index contributed by atoms with van der Waals surface area (Å²) in [5.74, 6) is 0.531. The van der Waals surface area contributed by atoms with Crippen molar-refractivity contribution in [3.8, 4) is 0 Å². The summed E-state index contributed by atoms with van der Waals surface area (Å²) >= 11 is 0. The third-order valence-corrected chi connectivity index (χ3v) is 7.93. The van der Waals surface area contributed by atoms with Crippen LogP contribution >= 0.6 is 0 Å². The molecule has 0 aliphatic carbocycles. The fourth-order valence-corrected chi connectivity index (χ4v) is 5.43. The molecule has 0 aromatic heterocycles. The molecule has 0 spiro atoms. The molecule has 0 unspecified atom stereocenters. The van der Waals surface area contributed by atoms with Crippen LogP contribution in [0.3, 0.4) is 0 Å². The van der Waals surface area contributed by atoms with E-state index in [2.05, 4.69) is 19.2 Å². The Morgan fingerprint density at radius 3 is 0.886 bits per heavy atom. The van der Waals surface area contributed by atoms with E-state index in [1.165, 1.54) is 167 Å². The Balaban J connectivity index is 3.53. The van der Waals surface area contributed by atoms with Gasteiger partial charge in [-0.1, -0.05) is 181 Å². The van der Waals surface area contributed by atoms with E-state index in [9.17, 15) is 4.79 Å². The van der Waals surface area contributed by atoms with Crippen molar-refractivity contribution < 1.29 is 4.79 Å². The van der Waals surface area contributed by atoms with Crippen LogP contribution in [0.4, 0.5) is 0 Å². The molecule has 210 valence electrons. The Kier molecular flexibility index (Phi) is 29.2. The second kappa shape index (κ2) is 29.7. The standard InChI is InChI=1S/C33H67NO/c1-4-6-8-10-12-14-16-18-20-22-24-26-28-30-32(33(35)34-3)31-29-27-25-23-21-19-17-15-13-11-9-7-5-2/h32H,4-31H2,1-3H3,(H,34,35). The topological polar surface area (TPSA) is 29.1 Å². The number of nitrogens with one attached hydrogen (secondary N) is 1. The molecule has 0 heterocycles. The first-order chi connectivity index (χ1) is 17.3. The molecule has 0 aliphatic heterocycles. The van der Waals surface area contributed by atoms with Gasteiger partial charge >= 0.3 is 0 Å². The first kappa shape index (κ1) is 34.5. The molecular formula is C33H67NO. The van der Waals surface area contributed by atoms with Gasteiger partial charge in [-0.05, 0) is 12.8 Å². The lowest BCUT2D eigenvalue weighted by Gasteiger charge is -2.15. The number of rotatable bonds is 29. The van der Waals surface area contributed by atoms with E-state index >= 15 is 0 Å². The van der Waals surface area contributed by atoms with Crippen LogP contribution in [0, 0.1) is 5.92 Å². The van der Waals surface area contributed by atoms with Crippen molar-refractivity contribution in [3.05, 3.63) is 0 Å². The summed E-state index contributed by atoms with van der Waals surface area (Å²) in [6.45, 7) is 4.58. The average molecular weight is 494 g/mol. The van der Waals surface area contributed by atoms with Crippen LogP contribution in [0.15, 0.2) is 0 Å². The van der Waals surface area contributed by atoms with Crippen molar-refractivity contribution in [2.24, 2.45) is 5.92 Å². The van der Waals surface area contributed by atoms with Crippen molar-refractivity contribution in [1.29, 1.82) is 0 Å². The molecule has 2 heteroatoms. The van der Waals surface area contributed by atoms with E-state index in [1.54, 1.807) is 0 Å². The highest BCUT2D eigenvalue weighted by atomic mass is 16.1. The van der Waals surface area contributed by atoms with Crippen LogP contribution < -0.4 is 5.32 Å². The molecule has 0 aromatic rings. The fourth-order valence-electron chi connectivity index (χ4n) is 5.43. The van der Waals surface area contributed by atoms with Gasteiger partial charge in [0.05, 0.1) is 0 Å². The summed E-state index contributed by atoms with van der Waals surface area (Å²) in [6.07, 6.45) is 38.4. The number of hydrogen-bond donors (Lipinski definition) is 1. The molecule has 1 N–H and O–H groups in total. The first-order valence-corrected chi connectivity index (χ1v) is 16.5. The first-order valence-electron chi connectivity index (χ1n) is 16.5. The van der Waals surface area contributed by atoms with E-state index in [1.807, 2.05) is 7.05 Å². The molecule has 0 rings (SSSR count). The number of carbonyl (C=O) groups excluding carboxylic acids is 1. The van der Waals surface area contributed by atoms with Gasteiger partial charge in [0.2, 0.25) is 5.91 Å². The molecule has 0 radical (unpaired) electrons. The maximum Gasteiger partial charge on any atom is 0.222 e. The lowest BCUT2D eigenvalue weighted by molar-refractivity contribution is -0.125. The van der Waals surface area contributed by atoms with Gasteiger partial charge < -0.3 is 5.32 Å². The smallest absolute Gasteiger partial charge is 0.222 e. The second-order valence-corrected chi connectivity index (χ2v) is 11.4. The van der Waals surface area contributed by atoms with Gasteiger partial charge in [0.1, 0.15) is 0 Å². The zero-order valence-electron chi connectivity index (χ0n) is 24.8. The van der Waals surface area contributed by atoms with Gasteiger partial charge in [0.15, 0.2) is 0 Å². The predicted octanol–water partition coefficient (Wildman–Crippen LogP) is 11.3. The highest BCUT2D eigenvalue weighted by Gasteiger charge is 2.16. The Bertz CT molecular complexity index is 378. The minimum Gasteiger partial charge on any atom is -0.359 e. The van der Waals surface area contributed by atoms with Crippen molar-refractivity contribution in [2.45, 2.75) is 194 Å². The predicted molar refractivity (Wildman–Crippen MR) is 158 cm³/mol. The highest BCUT2D eigenvalue weighted by Crippen LogP contribution is 2.20. The maximum absolute atomic E-state index is 12.3. The van der Waals surface area contributed by atoms with Gasteiger partial charge in [0, 0.05) is 13.0 Å². The molecule has 2 nitrogen and oxygen atoms in total. The molecule has 0 bridgehead atoms. The monoisotopic (exact) mass is 494 g/mol. The lowest BCUT2D eigenvalue weighted by Crippen LogP contribution is -2.27. The van der Waals surface area contributed by atoms with Crippen LogP contribution in [0.25, 0.3) is 0 Å². The number of amides is 1. The highest BCUT2D eigenvalue weighted by molar-refractivity contribution is 5.78. The van der Waals surface area contributed by atoms with E-state index in [-0.39, 0.29) is 11.8 Å². The van der Waals surface area contributed by atoms with Crippen molar-refractivity contribution >= 4 is 5.91 Å². The Morgan fingerprint density at radius 2 is 0.657 bits per heavy atom. The Morgan fingerprint density at radius 1 is 0.429 bits per heavy atom. The van der Waals surface area contributed by atoms with Gasteiger partial charge in [-0.3, -0.25) is 4.79 Å². The molecule has 0 aromatic carbocycles. The van der Waals surface area contributed by atoms with Gasteiger partial charge in [-0.15, -0.1) is 0 Å². The quantitative estimate of drug-likeness (QED) is 0.103. The zero-order chi connectivity index (χ0) is 25.7. The molecule has 0 saturated heterocycles. The molecule has 35 heavy (non-hydrogen) atoms. The van der Waals surface area contributed by atoms with Crippen LogP contribution in [-0.4, -0.2) is 13.0 Å².